The summed E-state index contributed by atoms with van der Waals surface area (Å²) in [7, 11) is -1.73. The third-order valence-electron chi connectivity index (χ3n) is 2.91. The molecular formula is C9H21ClN2O3S. The molecule has 0 aliphatic carbocycles. The maximum Gasteiger partial charge on any atom is 0.219 e. The summed E-state index contributed by atoms with van der Waals surface area (Å²) in [6.07, 6.45) is 0. The fraction of sp³-hybridized carbons (Fsp3) is 1.00. The number of rotatable bonds is 4. The third-order valence-corrected chi connectivity index (χ3v) is 5.08. The largest absolute Gasteiger partial charge is 0.383 e. The first-order valence-corrected chi connectivity index (χ1v) is 6.63. The first-order chi connectivity index (χ1) is 6.89. The van der Waals surface area contributed by atoms with E-state index in [0.717, 1.165) is 0 Å². The summed E-state index contributed by atoms with van der Waals surface area (Å²) in [5, 5.41) is -0.500. The summed E-state index contributed by atoms with van der Waals surface area (Å²) < 4.78 is 30.4. The van der Waals surface area contributed by atoms with Crippen LogP contribution in [0.3, 0.4) is 0 Å². The minimum atomic E-state index is -3.24. The Hall–Kier alpha value is 0.120. The maximum absolute atomic E-state index is 12.0. The van der Waals surface area contributed by atoms with Gasteiger partial charge in [0.15, 0.2) is 0 Å². The number of nitrogens with zero attached hydrogens (tertiary/aromatic N) is 1. The quantitative estimate of drug-likeness (QED) is 0.785. The van der Waals surface area contributed by atoms with Crippen LogP contribution in [0.4, 0.5) is 0 Å². The highest BCUT2D eigenvalue weighted by molar-refractivity contribution is 7.89. The molecule has 0 aromatic rings. The number of methoxy groups -OCH3 is 1. The van der Waals surface area contributed by atoms with Crippen LogP contribution < -0.4 is 5.73 Å². The summed E-state index contributed by atoms with van der Waals surface area (Å²) in [6.45, 7) is 4.81. The fourth-order valence-electron chi connectivity index (χ4n) is 1.73. The second-order valence-electron chi connectivity index (χ2n) is 4.27. The van der Waals surface area contributed by atoms with Gasteiger partial charge in [0.1, 0.15) is 0 Å². The van der Waals surface area contributed by atoms with Crippen molar-refractivity contribution in [3.05, 3.63) is 0 Å². The van der Waals surface area contributed by atoms with Crippen LogP contribution in [-0.4, -0.2) is 50.8 Å². The van der Waals surface area contributed by atoms with Gasteiger partial charge in [-0.15, -0.1) is 12.4 Å². The van der Waals surface area contributed by atoms with E-state index in [1.807, 2.05) is 6.92 Å². The van der Waals surface area contributed by atoms with Crippen molar-refractivity contribution in [3.8, 4) is 0 Å². The zero-order chi connectivity index (χ0) is 11.6. The van der Waals surface area contributed by atoms with Crippen LogP contribution in [0.2, 0.25) is 0 Å². The average molecular weight is 273 g/mol. The normalized spacial score (nSPS) is 28.8. The summed E-state index contributed by atoms with van der Waals surface area (Å²) in [5.74, 6) is 0.231. The Labute approximate surface area is 104 Å². The van der Waals surface area contributed by atoms with Crippen molar-refractivity contribution in [2.75, 3.05) is 26.8 Å². The van der Waals surface area contributed by atoms with Crippen LogP contribution in [-0.2, 0) is 14.8 Å². The molecule has 0 radical (unpaired) electrons. The maximum atomic E-state index is 12.0. The van der Waals surface area contributed by atoms with Crippen LogP contribution in [0.25, 0.3) is 0 Å². The molecule has 2 N–H and O–H groups in total. The molecule has 3 unspecified atom stereocenters. The monoisotopic (exact) mass is 272 g/mol. The summed E-state index contributed by atoms with van der Waals surface area (Å²) in [6, 6.07) is -0.0467. The van der Waals surface area contributed by atoms with Crippen molar-refractivity contribution in [1.29, 1.82) is 0 Å². The van der Waals surface area contributed by atoms with Gasteiger partial charge < -0.3 is 10.5 Å². The molecule has 3 atom stereocenters. The summed E-state index contributed by atoms with van der Waals surface area (Å²) >= 11 is 0. The predicted molar refractivity (Wildman–Crippen MR) is 66.2 cm³/mol. The van der Waals surface area contributed by atoms with Gasteiger partial charge in [-0.1, -0.05) is 6.92 Å². The van der Waals surface area contributed by atoms with Crippen molar-refractivity contribution in [2.45, 2.75) is 25.1 Å². The minimum Gasteiger partial charge on any atom is -0.383 e. The summed E-state index contributed by atoms with van der Waals surface area (Å²) in [5.41, 5.74) is 5.80. The van der Waals surface area contributed by atoms with Crippen molar-refractivity contribution >= 4 is 22.4 Å². The molecule has 5 nitrogen and oxygen atoms in total. The standard InChI is InChI=1S/C9H20N2O3S.ClH/c1-7-4-11(5-9(7)10)15(12,13)8(2)6-14-3;/h7-9H,4-6,10H2,1-3H3;1H. The molecule has 98 valence electrons. The Kier molecular flexibility index (Phi) is 6.21. The molecule has 16 heavy (non-hydrogen) atoms. The van der Waals surface area contributed by atoms with Gasteiger partial charge in [-0.2, -0.15) is 4.31 Å². The lowest BCUT2D eigenvalue weighted by Gasteiger charge is -2.20. The van der Waals surface area contributed by atoms with E-state index in [2.05, 4.69) is 0 Å². The number of halogens is 1. The van der Waals surface area contributed by atoms with E-state index < -0.39 is 15.3 Å². The van der Waals surface area contributed by atoms with Gasteiger partial charge in [-0.25, -0.2) is 8.42 Å². The topological polar surface area (TPSA) is 72.6 Å². The van der Waals surface area contributed by atoms with Crippen LogP contribution in [0.5, 0.6) is 0 Å². The van der Waals surface area contributed by atoms with Gasteiger partial charge in [0, 0.05) is 26.2 Å². The fourth-order valence-corrected chi connectivity index (χ4v) is 3.37. The number of sulfonamides is 1. The van der Waals surface area contributed by atoms with E-state index in [4.69, 9.17) is 10.5 Å². The van der Waals surface area contributed by atoms with Gasteiger partial charge in [0.05, 0.1) is 11.9 Å². The number of ether oxygens (including phenoxy) is 1. The second-order valence-corrected chi connectivity index (χ2v) is 6.62. The van der Waals surface area contributed by atoms with E-state index in [9.17, 15) is 8.42 Å². The molecule has 1 saturated heterocycles. The van der Waals surface area contributed by atoms with Gasteiger partial charge in [-0.3, -0.25) is 0 Å². The van der Waals surface area contributed by atoms with Crippen LogP contribution in [0.1, 0.15) is 13.8 Å². The highest BCUT2D eigenvalue weighted by Crippen LogP contribution is 2.20. The summed E-state index contributed by atoms with van der Waals surface area (Å²) in [4.78, 5) is 0. The number of hydrogen-bond acceptors (Lipinski definition) is 4. The molecule has 0 aromatic carbocycles. The molecule has 1 fully saturated rings. The molecule has 0 amide bonds. The molecule has 0 aromatic heterocycles. The Morgan fingerprint density at radius 1 is 1.50 bits per heavy atom. The number of hydrogen-bond donors (Lipinski definition) is 1. The highest BCUT2D eigenvalue weighted by atomic mass is 35.5. The minimum absolute atomic E-state index is 0. The predicted octanol–water partition coefficient (Wildman–Crippen LogP) is 0.0519. The van der Waals surface area contributed by atoms with E-state index in [-0.39, 0.29) is 31.0 Å². The smallest absolute Gasteiger partial charge is 0.219 e. The van der Waals surface area contributed by atoms with Crippen molar-refractivity contribution < 1.29 is 13.2 Å². The molecule has 0 bridgehead atoms. The lowest BCUT2D eigenvalue weighted by atomic mass is 10.1. The van der Waals surface area contributed by atoms with E-state index in [1.54, 1.807) is 6.92 Å². The number of nitrogens with two attached hydrogens (primary N) is 1. The lowest BCUT2D eigenvalue weighted by Crippen LogP contribution is -2.39. The molecular weight excluding hydrogens is 252 g/mol. The molecule has 1 rings (SSSR count). The Morgan fingerprint density at radius 3 is 2.44 bits per heavy atom. The van der Waals surface area contributed by atoms with Crippen molar-refractivity contribution in [1.82, 2.24) is 4.31 Å². The second kappa shape index (κ2) is 6.16. The first kappa shape index (κ1) is 16.1. The van der Waals surface area contributed by atoms with E-state index in [0.29, 0.717) is 13.1 Å². The highest BCUT2D eigenvalue weighted by Gasteiger charge is 2.37. The molecule has 0 saturated carbocycles. The molecule has 1 aliphatic rings. The Balaban J connectivity index is 0.00000225. The molecule has 7 heteroatoms. The Morgan fingerprint density at radius 2 is 2.06 bits per heavy atom. The van der Waals surface area contributed by atoms with Crippen LogP contribution >= 0.6 is 12.4 Å². The third kappa shape index (κ3) is 3.30. The van der Waals surface area contributed by atoms with Gasteiger partial charge in [-0.05, 0) is 12.8 Å². The zero-order valence-corrected chi connectivity index (χ0v) is 11.6. The lowest BCUT2D eigenvalue weighted by molar-refractivity contribution is 0.198. The molecule has 0 spiro atoms. The van der Waals surface area contributed by atoms with Crippen molar-refractivity contribution in [2.24, 2.45) is 11.7 Å². The Bertz CT molecular complexity index is 300. The first-order valence-electron chi connectivity index (χ1n) is 5.13. The SMILES string of the molecule is COCC(C)S(=O)(=O)N1CC(C)C(N)C1.Cl. The van der Waals surface area contributed by atoms with Gasteiger partial charge >= 0.3 is 0 Å². The van der Waals surface area contributed by atoms with E-state index in [1.165, 1.54) is 11.4 Å². The van der Waals surface area contributed by atoms with Gasteiger partial charge in [0.2, 0.25) is 10.0 Å². The molecule has 1 aliphatic heterocycles. The average Bonchev–Trinajstić information content (AvgIpc) is 2.48. The van der Waals surface area contributed by atoms with Crippen LogP contribution in [0, 0.1) is 5.92 Å². The molecule has 1 heterocycles. The van der Waals surface area contributed by atoms with Crippen molar-refractivity contribution in [3.63, 3.8) is 0 Å². The zero-order valence-electron chi connectivity index (χ0n) is 9.92. The van der Waals surface area contributed by atoms with Gasteiger partial charge in [0.25, 0.3) is 0 Å². The van der Waals surface area contributed by atoms with Crippen LogP contribution in [0.15, 0.2) is 0 Å². The van der Waals surface area contributed by atoms with E-state index >= 15 is 0 Å².